The molecule has 14 heavy (non-hydrogen) atoms. The van der Waals surface area contributed by atoms with Gasteiger partial charge >= 0.3 is 0 Å². The molecule has 1 aliphatic carbocycles. The second-order valence-electron chi connectivity index (χ2n) is 4.09. The molecule has 3 nitrogen and oxygen atoms in total. The van der Waals surface area contributed by atoms with Gasteiger partial charge < -0.3 is 9.67 Å². The Bertz CT molecular complexity index is 291. The summed E-state index contributed by atoms with van der Waals surface area (Å²) in [4.78, 5) is 4.27. The first kappa shape index (κ1) is 9.71. The third-order valence-corrected chi connectivity index (χ3v) is 3.23. The molecular weight excluding hydrogens is 176 g/mol. The van der Waals surface area contributed by atoms with Crippen molar-refractivity contribution in [2.24, 2.45) is 5.92 Å². The molecule has 1 aromatic heterocycles. The zero-order chi connectivity index (χ0) is 9.97. The average Bonchev–Trinajstić information content (AvgIpc) is 2.48. The summed E-state index contributed by atoms with van der Waals surface area (Å²) >= 11 is 0. The van der Waals surface area contributed by atoms with Gasteiger partial charge in [0.2, 0.25) is 0 Å². The van der Waals surface area contributed by atoms with Crippen LogP contribution < -0.4 is 0 Å². The van der Waals surface area contributed by atoms with Gasteiger partial charge in [-0.05, 0) is 25.7 Å². The Morgan fingerprint density at radius 1 is 1.64 bits per heavy atom. The van der Waals surface area contributed by atoms with E-state index in [9.17, 15) is 5.11 Å². The van der Waals surface area contributed by atoms with Crippen molar-refractivity contribution in [3.63, 3.8) is 0 Å². The normalized spacial score (nSPS) is 19.3. The number of rotatable bonds is 4. The maximum absolute atomic E-state index is 9.91. The van der Waals surface area contributed by atoms with Crippen molar-refractivity contribution < 1.29 is 5.11 Å². The first-order chi connectivity index (χ1) is 6.81. The van der Waals surface area contributed by atoms with E-state index in [2.05, 4.69) is 16.5 Å². The molecule has 1 heterocycles. The molecule has 1 N–H and O–H groups in total. The third-order valence-electron chi connectivity index (χ3n) is 3.23. The summed E-state index contributed by atoms with van der Waals surface area (Å²) in [6, 6.07) is 0. The molecule has 1 aromatic rings. The van der Waals surface area contributed by atoms with Crippen LogP contribution in [0, 0.1) is 5.92 Å². The standard InChI is InChI=1S/C11H18N2O/c1-2-13-7-6-12-11(13)8-10(14)9-4-3-5-9/h6-7,9-10,14H,2-5,8H2,1H3. The van der Waals surface area contributed by atoms with Gasteiger partial charge in [0, 0.05) is 25.4 Å². The van der Waals surface area contributed by atoms with Gasteiger partial charge in [-0.25, -0.2) is 4.98 Å². The van der Waals surface area contributed by atoms with Crippen LogP contribution in [0.25, 0.3) is 0 Å². The van der Waals surface area contributed by atoms with E-state index in [0.29, 0.717) is 12.3 Å². The Morgan fingerprint density at radius 2 is 2.43 bits per heavy atom. The van der Waals surface area contributed by atoms with Gasteiger partial charge in [0.25, 0.3) is 0 Å². The molecule has 3 heteroatoms. The number of aryl methyl sites for hydroxylation is 1. The average molecular weight is 194 g/mol. The topological polar surface area (TPSA) is 38.0 Å². The summed E-state index contributed by atoms with van der Waals surface area (Å²) < 4.78 is 2.10. The molecule has 0 bridgehead atoms. The fraction of sp³-hybridized carbons (Fsp3) is 0.727. The second kappa shape index (κ2) is 4.13. The Kier molecular flexibility index (Phi) is 2.87. The largest absolute Gasteiger partial charge is 0.392 e. The van der Waals surface area contributed by atoms with Crippen molar-refractivity contribution >= 4 is 0 Å². The lowest BCUT2D eigenvalue weighted by molar-refractivity contribution is 0.0608. The molecule has 1 unspecified atom stereocenters. The monoisotopic (exact) mass is 194 g/mol. The van der Waals surface area contributed by atoms with Crippen LogP contribution in [0.4, 0.5) is 0 Å². The molecule has 0 saturated heterocycles. The van der Waals surface area contributed by atoms with Gasteiger partial charge in [-0.15, -0.1) is 0 Å². The van der Waals surface area contributed by atoms with Crippen LogP contribution in [0.2, 0.25) is 0 Å². The Hall–Kier alpha value is -0.830. The van der Waals surface area contributed by atoms with E-state index < -0.39 is 0 Å². The molecule has 78 valence electrons. The summed E-state index contributed by atoms with van der Waals surface area (Å²) in [5.74, 6) is 1.55. The highest BCUT2D eigenvalue weighted by atomic mass is 16.3. The van der Waals surface area contributed by atoms with Crippen LogP contribution in [-0.2, 0) is 13.0 Å². The predicted molar refractivity (Wildman–Crippen MR) is 55.0 cm³/mol. The minimum absolute atomic E-state index is 0.184. The van der Waals surface area contributed by atoms with Gasteiger partial charge in [0.1, 0.15) is 5.82 Å². The minimum Gasteiger partial charge on any atom is -0.392 e. The lowest BCUT2D eigenvalue weighted by atomic mass is 9.80. The number of imidazole rings is 1. The lowest BCUT2D eigenvalue weighted by Crippen LogP contribution is -2.29. The fourth-order valence-corrected chi connectivity index (χ4v) is 2.00. The highest BCUT2D eigenvalue weighted by molar-refractivity contribution is 4.96. The van der Waals surface area contributed by atoms with Crippen LogP contribution in [0.15, 0.2) is 12.4 Å². The van der Waals surface area contributed by atoms with E-state index in [1.54, 1.807) is 0 Å². The van der Waals surface area contributed by atoms with Gasteiger partial charge in [0.15, 0.2) is 0 Å². The maximum atomic E-state index is 9.91. The third kappa shape index (κ3) is 1.82. The summed E-state index contributed by atoms with van der Waals surface area (Å²) in [7, 11) is 0. The minimum atomic E-state index is -0.184. The van der Waals surface area contributed by atoms with E-state index in [0.717, 1.165) is 12.4 Å². The molecule has 1 fully saturated rings. The number of aromatic nitrogens is 2. The summed E-state index contributed by atoms with van der Waals surface area (Å²) in [6.45, 7) is 3.04. The van der Waals surface area contributed by atoms with Crippen LogP contribution >= 0.6 is 0 Å². The van der Waals surface area contributed by atoms with Crippen molar-refractivity contribution in [3.05, 3.63) is 18.2 Å². The van der Waals surface area contributed by atoms with Crippen LogP contribution in [0.5, 0.6) is 0 Å². The molecule has 0 aromatic carbocycles. The number of aliphatic hydroxyl groups is 1. The molecule has 1 aliphatic rings. The lowest BCUT2D eigenvalue weighted by Gasteiger charge is -2.30. The van der Waals surface area contributed by atoms with Crippen molar-refractivity contribution in [2.75, 3.05) is 0 Å². The van der Waals surface area contributed by atoms with Crippen molar-refractivity contribution in [3.8, 4) is 0 Å². The zero-order valence-electron chi connectivity index (χ0n) is 8.69. The van der Waals surface area contributed by atoms with Gasteiger partial charge in [-0.2, -0.15) is 0 Å². The molecule has 1 saturated carbocycles. The first-order valence-corrected chi connectivity index (χ1v) is 5.49. The molecular formula is C11H18N2O. The molecule has 1 atom stereocenters. The SMILES string of the molecule is CCn1ccnc1CC(O)C1CCC1. The number of aliphatic hydroxyl groups excluding tert-OH is 1. The Morgan fingerprint density at radius 3 is 3.00 bits per heavy atom. The number of nitrogens with zero attached hydrogens (tertiary/aromatic N) is 2. The Balaban J connectivity index is 1.95. The van der Waals surface area contributed by atoms with E-state index >= 15 is 0 Å². The van der Waals surface area contributed by atoms with Crippen LogP contribution in [0.3, 0.4) is 0 Å². The molecule has 0 radical (unpaired) electrons. The summed E-state index contributed by atoms with van der Waals surface area (Å²) in [6.07, 6.45) is 7.98. The van der Waals surface area contributed by atoms with Gasteiger partial charge in [-0.3, -0.25) is 0 Å². The molecule has 0 amide bonds. The first-order valence-electron chi connectivity index (χ1n) is 5.49. The van der Waals surface area contributed by atoms with Crippen LogP contribution in [-0.4, -0.2) is 20.8 Å². The highest BCUT2D eigenvalue weighted by Crippen LogP contribution is 2.30. The maximum Gasteiger partial charge on any atom is 0.111 e. The van der Waals surface area contributed by atoms with Crippen molar-refractivity contribution in [1.82, 2.24) is 9.55 Å². The highest BCUT2D eigenvalue weighted by Gasteiger charge is 2.26. The van der Waals surface area contributed by atoms with E-state index in [-0.39, 0.29) is 6.10 Å². The quantitative estimate of drug-likeness (QED) is 0.790. The second-order valence-corrected chi connectivity index (χ2v) is 4.09. The predicted octanol–water partition coefficient (Wildman–Crippen LogP) is 1.61. The molecule has 0 aliphatic heterocycles. The van der Waals surface area contributed by atoms with Gasteiger partial charge in [-0.1, -0.05) is 6.42 Å². The smallest absolute Gasteiger partial charge is 0.111 e. The molecule has 2 rings (SSSR count). The molecule has 0 spiro atoms. The van der Waals surface area contributed by atoms with E-state index in [4.69, 9.17) is 0 Å². The summed E-state index contributed by atoms with van der Waals surface area (Å²) in [5.41, 5.74) is 0. The zero-order valence-corrected chi connectivity index (χ0v) is 8.69. The van der Waals surface area contributed by atoms with Crippen LogP contribution in [0.1, 0.15) is 32.0 Å². The fourth-order valence-electron chi connectivity index (χ4n) is 2.00. The summed E-state index contributed by atoms with van der Waals surface area (Å²) in [5, 5.41) is 9.91. The number of hydrogen-bond donors (Lipinski definition) is 1. The van der Waals surface area contributed by atoms with E-state index in [1.165, 1.54) is 19.3 Å². The van der Waals surface area contributed by atoms with Crippen molar-refractivity contribution in [2.45, 2.75) is 45.3 Å². The number of hydrogen-bond acceptors (Lipinski definition) is 2. The Labute approximate surface area is 84.8 Å². The van der Waals surface area contributed by atoms with Gasteiger partial charge in [0.05, 0.1) is 6.10 Å². The van der Waals surface area contributed by atoms with Crippen molar-refractivity contribution in [1.29, 1.82) is 0 Å². The van der Waals surface area contributed by atoms with E-state index in [1.807, 2.05) is 12.4 Å².